The van der Waals surface area contributed by atoms with Crippen molar-refractivity contribution >= 4 is 11.6 Å². The zero-order chi connectivity index (χ0) is 17.1. The Bertz CT molecular complexity index is 874. The number of amides is 1. The van der Waals surface area contributed by atoms with Gasteiger partial charge in [-0.15, -0.1) is 5.10 Å². The summed E-state index contributed by atoms with van der Waals surface area (Å²) in [7, 11) is 0. The first-order valence-electron chi connectivity index (χ1n) is 7.54. The van der Waals surface area contributed by atoms with Gasteiger partial charge in [-0.1, -0.05) is 22.9 Å². The number of rotatable bonds is 4. The summed E-state index contributed by atoms with van der Waals surface area (Å²) in [5, 5.41) is 12.1. The Balaban J connectivity index is 1.79. The molecule has 0 atom stereocenters. The Morgan fingerprint density at radius 3 is 2.62 bits per heavy atom. The minimum absolute atomic E-state index is 0.249. The summed E-state index contributed by atoms with van der Waals surface area (Å²) in [6.07, 6.45) is 1.80. The van der Waals surface area contributed by atoms with Crippen molar-refractivity contribution in [3.05, 3.63) is 65.2 Å². The fourth-order valence-corrected chi connectivity index (χ4v) is 2.27. The average molecular weight is 322 g/mol. The van der Waals surface area contributed by atoms with Crippen LogP contribution in [-0.2, 0) is 0 Å². The third-order valence-electron chi connectivity index (χ3n) is 3.70. The van der Waals surface area contributed by atoms with Gasteiger partial charge in [-0.3, -0.25) is 4.79 Å². The zero-order valence-corrected chi connectivity index (χ0v) is 13.7. The number of hydrogen-bond acceptors (Lipinski definition) is 4. The van der Waals surface area contributed by atoms with Gasteiger partial charge in [0, 0.05) is 6.20 Å². The smallest absolute Gasteiger partial charge is 0.293 e. The second-order valence-electron chi connectivity index (χ2n) is 5.49. The van der Waals surface area contributed by atoms with Gasteiger partial charge in [0.2, 0.25) is 0 Å². The van der Waals surface area contributed by atoms with Gasteiger partial charge in [0.15, 0.2) is 5.69 Å². The molecule has 24 heavy (non-hydrogen) atoms. The first-order chi connectivity index (χ1) is 11.6. The van der Waals surface area contributed by atoms with Gasteiger partial charge in [-0.2, -0.15) is 5.10 Å². The van der Waals surface area contributed by atoms with Gasteiger partial charge in [0.25, 0.3) is 5.91 Å². The number of H-pyrrole nitrogens is 1. The molecule has 0 saturated carbocycles. The first kappa shape index (κ1) is 15.7. The third-order valence-corrected chi connectivity index (χ3v) is 3.70. The maximum atomic E-state index is 12.3. The average Bonchev–Trinajstić information content (AvgIpc) is 3.23. The summed E-state index contributed by atoms with van der Waals surface area (Å²) in [6, 6.07) is 11.6. The van der Waals surface area contributed by atoms with E-state index in [2.05, 4.69) is 25.8 Å². The van der Waals surface area contributed by atoms with E-state index in [1.807, 2.05) is 50.2 Å². The lowest BCUT2D eigenvalue weighted by Gasteiger charge is -2.04. The van der Waals surface area contributed by atoms with Crippen LogP contribution in [0.1, 0.15) is 34.4 Å². The number of benzene rings is 1. The molecule has 0 saturated heterocycles. The molecule has 0 aliphatic rings. The van der Waals surface area contributed by atoms with Crippen molar-refractivity contribution in [3.63, 3.8) is 0 Å². The molecule has 2 heterocycles. The molecule has 0 aliphatic heterocycles. The highest BCUT2D eigenvalue weighted by molar-refractivity contribution is 5.99. The van der Waals surface area contributed by atoms with Gasteiger partial charge in [0.05, 0.1) is 22.8 Å². The molecule has 2 aromatic heterocycles. The Hall–Kier alpha value is -3.22. The highest BCUT2D eigenvalue weighted by atomic mass is 16.2. The number of carbonyl (C=O) groups is 1. The number of hydrazone groups is 1. The molecule has 2 N–H and O–H groups in total. The molecule has 122 valence electrons. The summed E-state index contributed by atoms with van der Waals surface area (Å²) in [4.78, 5) is 15.3. The molecule has 0 radical (unpaired) electrons. The fraction of sp³-hybridized carbons (Fsp3) is 0.176. The summed E-state index contributed by atoms with van der Waals surface area (Å²) >= 11 is 0. The molecular formula is C17H18N6O. The number of nitrogens with zero attached hydrogens (tertiary/aromatic N) is 4. The summed E-state index contributed by atoms with van der Waals surface area (Å²) in [5.41, 5.74) is 6.95. The second kappa shape index (κ2) is 6.49. The van der Waals surface area contributed by atoms with Crippen molar-refractivity contribution < 1.29 is 4.79 Å². The first-order valence-corrected chi connectivity index (χ1v) is 7.54. The fourth-order valence-electron chi connectivity index (χ4n) is 2.27. The number of aryl methyl sites for hydroxylation is 1. The topological polar surface area (TPSA) is 88.0 Å². The lowest BCUT2D eigenvalue weighted by molar-refractivity contribution is 0.0949. The van der Waals surface area contributed by atoms with Gasteiger partial charge in [-0.05, 0) is 45.0 Å². The number of aromatic amines is 1. The van der Waals surface area contributed by atoms with Gasteiger partial charge < -0.3 is 4.98 Å². The Morgan fingerprint density at radius 2 is 1.96 bits per heavy atom. The van der Waals surface area contributed by atoms with Crippen molar-refractivity contribution in [3.8, 4) is 5.69 Å². The van der Waals surface area contributed by atoms with Crippen LogP contribution in [0.2, 0.25) is 0 Å². The van der Waals surface area contributed by atoms with E-state index in [0.717, 1.165) is 16.9 Å². The molecule has 7 nitrogen and oxygen atoms in total. The highest BCUT2D eigenvalue weighted by Gasteiger charge is 2.17. The second-order valence-corrected chi connectivity index (χ2v) is 5.49. The standard InChI is InChI=1S/C17H18N6O/c1-11-6-8-14(9-7-11)23-13(3)16(20-22-23)17(24)21-19-12(2)15-5-4-10-18-15/h4-10,18H,1-3H3,(H,21,24)/b19-12+. The number of hydrogen-bond donors (Lipinski definition) is 2. The van der Waals surface area contributed by atoms with E-state index < -0.39 is 5.91 Å². The molecule has 3 aromatic rings. The van der Waals surface area contributed by atoms with Crippen molar-refractivity contribution in [2.24, 2.45) is 5.10 Å². The molecule has 0 aliphatic carbocycles. The maximum Gasteiger partial charge on any atom is 0.293 e. The van der Waals surface area contributed by atoms with E-state index in [0.29, 0.717) is 11.4 Å². The van der Waals surface area contributed by atoms with E-state index in [9.17, 15) is 4.79 Å². The predicted molar refractivity (Wildman–Crippen MR) is 91.3 cm³/mol. The van der Waals surface area contributed by atoms with Crippen LogP contribution in [0.3, 0.4) is 0 Å². The van der Waals surface area contributed by atoms with E-state index in [1.165, 1.54) is 0 Å². The molecule has 0 fully saturated rings. The molecule has 0 unspecified atom stereocenters. The molecule has 1 amide bonds. The van der Waals surface area contributed by atoms with E-state index in [-0.39, 0.29) is 5.69 Å². The monoisotopic (exact) mass is 322 g/mol. The minimum atomic E-state index is -0.392. The quantitative estimate of drug-likeness (QED) is 0.571. The van der Waals surface area contributed by atoms with Crippen LogP contribution in [0.4, 0.5) is 0 Å². The van der Waals surface area contributed by atoms with Gasteiger partial charge in [-0.25, -0.2) is 10.1 Å². The summed E-state index contributed by atoms with van der Waals surface area (Å²) < 4.78 is 1.63. The van der Waals surface area contributed by atoms with Crippen LogP contribution < -0.4 is 5.43 Å². The van der Waals surface area contributed by atoms with E-state index >= 15 is 0 Å². The molecular weight excluding hydrogens is 304 g/mol. The maximum absolute atomic E-state index is 12.3. The van der Waals surface area contributed by atoms with Crippen molar-refractivity contribution in [2.75, 3.05) is 0 Å². The third kappa shape index (κ3) is 3.10. The van der Waals surface area contributed by atoms with Crippen molar-refractivity contribution in [2.45, 2.75) is 20.8 Å². The Kier molecular flexibility index (Phi) is 4.24. The largest absolute Gasteiger partial charge is 0.360 e. The predicted octanol–water partition coefficient (Wildman–Crippen LogP) is 2.37. The van der Waals surface area contributed by atoms with Crippen molar-refractivity contribution in [1.29, 1.82) is 0 Å². The van der Waals surface area contributed by atoms with Crippen LogP contribution in [-0.4, -0.2) is 31.6 Å². The lowest BCUT2D eigenvalue weighted by atomic mass is 10.2. The molecule has 0 spiro atoms. The SMILES string of the molecule is C/C(=N\NC(=O)c1nnn(-c2ccc(C)cc2)c1C)c1ccc[nH]1. The van der Waals surface area contributed by atoms with E-state index in [4.69, 9.17) is 0 Å². The lowest BCUT2D eigenvalue weighted by Crippen LogP contribution is -2.21. The number of nitrogens with one attached hydrogen (secondary N) is 2. The zero-order valence-electron chi connectivity index (χ0n) is 13.7. The van der Waals surface area contributed by atoms with Crippen LogP contribution in [0.5, 0.6) is 0 Å². The van der Waals surface area contributed by atoms with Gasteiger partial charge in [0.1, 0.15) is 0 Å². The molecule has 3 rings (SSSR count). The van der Waals surface area contributed by atoms with Crippen LogP contribution in [0.15, 0.2) is 47.7 Å². The van der Waals surface area contributed by atoms with Crippen LogP contribution >= 0.6 is 0 Å². The normalized spacial score (nSPS) is 11.5. The number of carbonyl (C=O) groups excluding carboxylic acids is 1. The minimum Gasteiger partial charge on any atom is -0.360 e. The van der Waals surface area contributed by atoms with Crippen LogP contribution in [0.25, 0.3) is 5.69 Å². The molecule has 7 heteroatoms. The number of aromatic nitrogens is 4. The highest BCUT2D eigenvalue weighted by Crippen LogP contribution is 2.13. The summed E-state index contributed by atoms with van der Waals surface area (Å²) in [6.45, 7) is 5.62. The Labute approximate surface area is 139 Å². The molecule has 1 aromatic carbocycles. The molecule has 0 bridgehead atoms. The Morgan fingerprint density at radius 1 is 1.21 bits per heavy atom. The van der Waals surface area contributed by atoms with Gasteiger partial charge >= 0.3 is 0 Å². The van der Waals surface area contributed by atoms with E-state index in [1.54, 1.807) is 17.8 Å². The van der Waals surface area contributed by atoms with Crippen LogP contribution in [0, 0.1) is 13.8 Å². The van der Waals surface area contributed by atoms with Crippen molar-refractivity contribution in [1.82, 2.24) is 25.4 Å². The summed E-state index contributed by atoms with van der Waals surface area (Å²) in [5.74, 6) is -0.392.